The van der Waals surface area contributed by atoms with Crippen molar-refractivity contribution in [3.05, 3.63) is 107 Å². The molecule has 0 aliphatic heterocycles. The summed E-state index contributed by atoms with van der Waals surface area (Å²) in [6, 6.07) is 15.8. The smallest absolute Gasteiger partial charge is 0.159 e. The first-order valence-corrected chi connectivity index (χ1v) is 10.4. The maximum absolute atomic E-state index is 13.5. The molecule has 0 spiro atoms. The summed E-state index contributed by atoms with van der Waals surface area (Å²) in [6.45, 7) is 2.15. The maximum atomic E-state index is 13.5. The second kappa shape index (κ2) is 9.49. The fraction of sp³-hybridized carbons (Fsp3) is 0.185. The van der Waals surface area contributed by atoms with Gasteiger partial charge >= 0.3 is 0 Å². The van der Waals surface area contributed by atoms with Crippen LogP contribution in [0.5, 0.6) is 0 Å². The van der Waals surface area contributed by atoms with Crippen molar-refractivity contribution >= 4 is 10.8 Å². The first-order valence-electron chi connectivity index (χ1n) is 10.4. The molecule has 31 heavy (non-hydrogen) atoms. The van der Waals surface area contributed by atoms with E-state index in [1.54, 1.807) is 12.1 Å². The van der Waals surface area contributed by atoms with Crippen LogP contribution in [0.4, 0.5) is 8.78 Å². The molecule has 0 saturated carbocycles. The molecule has 0 atom stereocenters. The standard InChI is InChI=1S/C27H22F2N2/c1-2-3-22-17-30-27(31-18-22)13-11-20-6-4-19(5-7-20)8-9-21-10-12-23-15-25(28)26(29)16-24(23)14-21/h4-7,10,12,14-18H,2-3,11,13H2,1H3. The van der Waals surface area contributed by atoms with E-state index in [2.05, 4.69) is 40.9 Å². The van der Waals surface area contributed by atoms with Crippen molar-refractivity contribution in [2.75, 3.05) is 0 Å². The number of hydrogen-bond donors (Lipinski definition) is 0. The maximum Gasteiger partial charge on any atom is 0.159 e. The zero-order valence-corrected chi connectivity index (χ0v) is 17.3. The average Bonchev–Trinajstić information content (AvgIpc) is 2.79. The minimum atomic E-state index is -0.851. The fourth-order valence-corrected chi connectivity index (χ4v) is 3.40. The van der Waals surface area contributed by atoms with Gasteiger partial charge in [0.25, 0.3) is 0 Å². The van der Waals surface area contributed by atoms with E-state index in [1.807, 2.05) is 30.6 Å². The molecule has 0 unspecified atom stereocenters. The van der Waals surface area contributed by atoms with Crippen LogP contribution in [0.1, 0.15) is 41.4 Å². The van der Waals surface area contributed by atoms with Gasteiger partial charge in [0.15, 0.2) is 11.6 Å². The molecule has 3 aromatic carbocycles. The minimum absolute atomic E-state index is 0.631. The number of fused-ring (bicyclic) bond motifs is 1. The molecule has 0 aliphatic rings. The van der Waals surface area contributed by atoms with Gasteiger partial charge in [-0.3, -0.25) is 0 Å². The van der Waals surface area contributed by atoms with Crippen LogP contribution in [0.2, 0.25) is 0 Å². The highest BCUT2D eigenvalue weighted by Crippen LogP contribution is 2.19. The average molecular weight is 412 g/mol. The molecule has 0 N–H and O–H groups in total. The molecular weight excluding hydrogens is 390 g/mol. The number of nitrogens with zero attached hydrogens (tertiary/aromatic N) is 2. The molecule has 1 heterocycles. The molecule has 4 rings (SSSR count). The summed E-state index contributed by atoms with van der Waals surface area (Å²) in [7, 11) is 0. The third kappa shape index (κ3) is 5.32. The van der Waals surface area contributed by atoms with Gasteiger partial charge in [-0.15, -0.1) is 0 Å². The van der Waals surface area contributed by atoms with E-state index in [4.69, 9.17) is 0 Å². The summed E-state index contributed by atoms with van der Waals surface area (Å²) >= 11 is 0. The normalized spacial score (nSPS) is 10.7. The molecule has 4 aromatic rings. The molecule has 0 amide bonds. The summed E-state index contributed by atoms with van der Waals surface area (Å²) in [5.41, 5.74) is 4.04. The van der Waals surface area contributed by atoms with Crippen molar-refractivity contribution in [1.29, 1.82) is 0 Å². The van der Waals surface area contributed by atoms with E-state index in [1.165, 1.54) is 23.3 Å². The fourth-order valence-electron chi connectivity index (χ4n) is 3.40. The zero-order chi connectivity index (χ0) is 21.6. The first-order chi connectivity index (χ1) is 15.1. The Morgan fingerprint density at radius 3 is 2.03 bits per heavy atom. The SMILES string of the molecule is CCCc1cnc(CCc2ccc(C#Cc3ccc4cc(F)c(F)cc4c3)cc2)nc1. The minimum Gasteiger partial charge on any atom is -0.241 e. The second-order valence-corrected chi connectivity index (χ2v) is 7.53. The van der Waals surface area contributed by atoms with Crippen LogP contribution in [0.15, 0.2) is 67.0 Å². The van der Waals surface area contributed by atoms with Gasteiger partial charge < -0.3 is 0 Å². The Hall–Kier alpha value is -3.58. The Labute approximate surface area is 181 Å². The quantitative estimate of drug-likeness (QED) is 0.373. The van der Waals surface area contributed by atoms with E-state index in [0.29, 0.717) is 10.8 Å². The van der Waals surface area contributed by atoms with Gasteiger partial charge in [-0.05, 0) is 71.1 Å². The van der Waals surface area contributed by atoms with Crippen molar-refractivity contribution in [3.8, 4) is 11.8 Å². The van der Waals surface area contributed by atoms with Gasteiger partial charge in [-0.1, -0.05) is 43.4 Å². The third-order valence-electron chi connectivity index (χ3n) is 5.12. The Morgan fingerprint density at radius 1 is 0.677 bits per heavy atom. The van der Waals surface area contributed by atoms with Gasteiger partial charge in [-0.25, -0.2) is 18.7 Å². The van der Waals surface area contributed by atoms with Crippen LogP contribution in [0.3, 0.4) is 0 Å². The van der Waals surface area contributed by atoms with Gasteiger partial charge in [0.05, 0.1) is 0 Å². The molecular formula is C27H22F2N2. The van der Waals surface area contributed by atoms with Gasteiger partial charge in [0.1, 0.15) is 5.82 Å². The first kappa shape index (κ1) is 20.7. The van der Waals surface area contributed by atoms with Crippen LogP contribution in [-0.4, -0.2) is 9.97 Å². The molecule has 0 fully saturated rings. The number of halogens is 2. The number of benzene rings is 3. The molecule has 2 nitrogen and oxygen atoms in total. The van der Waals surface area contributed by atoms with Gasteiger partial charge in [-0.2, -0.15) is 0 Å². The van der Waals surface area contributed by atoms with Crippen LogP contribution >= 0.6 is 0 Å². The topological polar surface area (TPSA) is 25.8 Å². The van der Waals surface area contributed by atoms with Crippen LogP contribution < -0.4 is 0 Å². The molecule has 1 aromatic heterocycles. The number of aromatic nitrogens is 2. The second-order valence-electron chi connectivity index (χ2n) is 7.53. The molecule has 0 bridgehead atoms. The van der Waals surface area contributed by atoms with Crippen molar-refractivity contribution in [2.45, 2.75) is 32.6 Å². The summed E-state index contributed by atoms with van der Waals surface area (Å²) < 4.78 is 26.8. The Kier molecular flexibility index (Phi) is 6.33. The van der Waals surface area contributed by atoms with E-state index in [9.17, 15) is 8.78 Å². The van der Waals surface area contributed by atoms with Crippen LogP contribution in [0, 0.1) is 23.5 Å². The molecule has 0 radical (unpaired) electrons. The van der Waals surface area contributed by atoms with E-state index in [0.717, 1.165) is 42.6 Å². The lowest BCUT2D eigenvalue weighted by molar-refractivity contribution is 0.511. The van der Waals surface area contributed by atoms with Gasteiger partial charge in [0.2, 0.25) is 0 Å². The molecule has 154 valence electrons. The summed E-state index contributed by atoms with van der Waals surface area (Å²) in [5.74, 6) is 5.39. The predicted octanol–water partition coefficient (Wildman–Crippen LogP) is 6.05. The lowest BCUT2D eigenvalue weighted by Crippen LogP contribution is -1.99. The lowest BCUT2D eigenvalue weighted by atomic mass is 10.1. The largest absolute Gasteiger partial charge is 0.241 e. The molecule has 0 saturated heterocycles. The highest BCUT2D eigenvalue weighted by Gasteiger charge is 2.04. The highest BCUT2D eigenvalue weighted by molar-refractivity contribution is 5.84. The zero-order valence-electron chi connectivity index (χ0n) is 17.3. The van der Waals surface area contributed by atoms with Crippen LogP contribution in [0.25, 0.3) is 10.8 Å². The Morgan fingerprint density at radius 2 is 1.32 bits per heavy atom. The number of aryl methyl sites for hydroxylation is 3. The number of rotatable bonds is 5. The lowest BCUT2D eigenvalue weighted by Gasteiger charge is -2.03. The Bertz CT molecular complexity index is 1250. The molecule has 0 aliphatic carbocycles. The summed E-state index contributed by atoms with van der Waals surface area (Å²) in [4.78, 5) is 8.89. The monoisotopic (exact) mass is 412 g/mol. The van der Waals surface area contributed by atoms with Crippen molar-refractivity contribution in [2.24, 2.45) is 0 Å². The van der Waals surface area contributed by atoms with E-state index >= 15 is 0 Å². The summed E-state index contributed by atoms with van der Waals surface area (Å²) in [5, 5.41) is 1.28. The predicted molar refractivity (Wildman–Crippen MR) is 120 cm³/mol. The van der Waals surface area contributed by atoms with E-state index in [-0.39, 0.29) is 0 Å². The number of hydrogen-bond acceptors (Lipinski definition) is 2. The van der Waals surface area contributed by atoms with Crippen molar-refractivity contribution in [3.63, 3.8) is 0 Å². The van der Waals surface area contributed by atoms with Crippen molar-refractivity contribution < 1.29 is 8.78 Å². The molecule has 4 heteroatoms. The summed E-state index contributed by atoms with van der Waals surface area (Å²) in [6.07, 6.45) is 7.61. The third-order valence-corrected chi connectivity index (χ3v) is 5.12. The van der Waals surface area contributed by atoms with E-state index < -0.39 is 11.6 Å². The van der Waals surface area contributed by atoms with Crippen LogP contribution in [-0.2, 0) is 19.3 Å². The van der Waals surface area contributed by atoms with Gasteiger partial charge in [0, 0.05) is 29.9 Å². The highest BCUT2D eigenvalue weighted by atomic mass is 19.2. The van der Waals surface area contributed by atoms with Crippen molar-refractivity contribution in [1.82, 2.24) is 9.97 Å². The Balaban J connectivity index is 1.40.